The number of hydrogen-bond donors (Lipinski definition) is 4. The first-order valence-corrected chi connectivity index (χ1v) is 17.8. The Balaban J connectivity index is 1.31. The third kappa shape index (κ3) is 5.27. The number of ether oxygens (including phenoxy) is 1. The second kappa shape index (κ2) is 13.0. The van der Waals surface area contributed by atoms with E-state index in [-0.39, 0.29) is 42.1 Å². The van der Waals surface area contributed by atoms with Crippen LogP contribution in [0, 0.1) is 30.6 Å². The first-order chi connectivity index (χ1) is 25.6. The molecule has 53 heavy (non-hydrogen) atoms. The molecule has 4 N–H and O–H groups in total. The molecular formula is C41H38BN3O8. The van der Waals surface area contributed by atoms with E-state index in [9.17, 15) is 29.5 Å². The Hall–Kier alpha value is -5.72. The number of rotatable bonds is 8. The van der Waals surface area contributed by atoms with Gasteiger partial charge in [0.05, 0.1) is 41.2 Å². The Morgan fingerprint density at radius 2 is 1.62 bits per heavy atom. The molecule has 8 rings (SSSR count). The van der Waals surface area contributed by atoms with Crippen molar-refractivity contribution in [2.24, 2.45) is 23.7 Å². The van der Waals surface area contributed by atoms with E-state index in [1.807, 2.05) is 55.5 Å². The summed E-state index contributed by atoms with van der Waals surface area (Å²) >= 11 is 0. The summed E-state index contributed by atoms with van der Waals surface area (Å²) in [5, 5.41) is 31.5. The molecule has 2 heterocycles. The molecule has 0 radical (unpaired) electrons. The van der Waals surface area contributed by atoms with Crippen molar-refractivity contribution >= 4 is 47.6 Å². The normalized spacial score (nSPS) is 26.2. The van der Waals surface area contributed by atoms with Gasteiger partial charge in [-0.2, -0.15) is 5.01 Å². The number of carbonyl (C=O) groups excluding carboxylic acids is 4. The number of amides is 4. The van der Waals surface area contributed by atoms with Crippen LogP contribution in [0.1, 0.15) is 42.4 Å². The molecule has 6 unspecified atom stereocenters. The van der Waals surface area contributed by atoms with E-state index in [2.05, 4.69) is 5.43 Å². The number of aryl methyl sites for hydroxylation is 1. The summed E-state index contributed by atoms with van der Waals surface area (Å²) in [6.45, 7) is 4.02. The molecule has 4 aromatic carbocycles. The zero-order valence-electron chi connectivity index (χ0n) is 29.2. The van der Waals surface area contributed by atoms with Gasteiger partial charge in [-0.05, 0) is 85.6 Å². The van der Waals surface area contributed by atoms with Crippen molar-refractivity contribution < 1.29 is 39.1 Å². The molecule has 0 bridgehead atoms. The molecule has 4 aliphatic rings. The van der Waals surface area contributed by atoms with Crippen molar-refractivity contribution in [3.05, 3.63) is 125 Å². The van der Waals surface area contributed by atoms with Gasteiger partial charge in [0.15, 0.2) is 11.5 Å². The molecule has 12 heteroatoms. The maximum absolute atomic E-state index is 15.3. The predicted molar refractivity (Wildman–Crippen MR) is 197 cm³/mol. The summed E-state index contributed by atoms with van der Waals surface area (Å²) in [6, 6.07) is 27.6. The number of fused-ring (bicyclic) bond motifs is 4. The highest BCUT2D eigenvalue weighted by atomic mass is 16.5. The molecule has 3 fully saturated rings. The number of benzene rings is 4. The van der Waals surface area contributed by atoms with Crippen LogP contribution in [-0.4, -0.2) is 57.5 Å². The van der Waals surface area contributed by atoms with Crippen LogP contribution in [0.5, 0.6) is 11.5 Å². The largest absolute Gasteiger partial charge is 0.504 e. The molecular weight excluding hydrogens is 673 g/mol. The van der Waals surface area contributed by atoms with Crippen LogP contribution >= 0.6 is 0 Å². The summed E-state index contributed by atoms with van der Waals surface area (Å²) in [4.78, 5) is 59.9. The number of hydrazine groups is 1. The minimum absolute atomic E-state index is 0.0788. The van der Waals surface area contributed by atoms with E-state index in [0.29, 0.717) is 16.8 Å². The fourth-order valence-corrected chi connectivity index (χ4v) is 9.18. The number of allylic oxidation sites excluding steroid dienone is 2. The molecule has 4 amide bonds. The maximum atomic E-state index is 15.3. The van der Waals surface area contributed by atoms with Gasteiger partial charge in [-0.1, -0.05) is 77.9 Å². The van der Waals surface area contributed by atoms with E-state index in [1.165, 1.54) is 18.2 Å². The number of nitrogens with zero attached hydrogens (tertiary/aromatic N) is 2. The number of imide groups is 2. The lowest BCUT2D eigenvalue weighted by molar-refractivity contribution is -0.138. The minimum Gasteiger partial charge on any atom is -0.504 e. The van der Waals surface area contributed by atoms with Crippen LogP contribution in [0.3, 0.4) is 0 Å². The Morgan fingerprint density at radius 3 is 2.34 bits per heavy atom. The molecule has 1 saturated carbocycles. The van der Waals surface area contributed by atoms with Crippen molar-refractivity contribution in [3.8, 4) is 11.5 Å². The quantitative estimate of drug-likeness (QED) is 0.121. The third-order valence-electron chi connectivity index (χ3n) is 11.4. The second-order valence-electron chi connectivity index (χ2n) is 14.2. The first kappa shape index (κ1) is 34.4. The molecule has 2 aliphatic heterocycles. The number of phenolic OH excluding ortho intramolecular Hbond substituents is 1. The third-order valence-corrected chi connectivity index (χ3v) is 11.4. The standard InChI is InChI=1S/C41H38BN3O8/c1-3-53-34-20-24(14-19-33(34)46)36-29-17-18-30-35(39(49)44(37(30)47)28-11-7-10-26(21-28)42(51)52)31(29)22-32-38(48)45(43-27-15-12-23(2)13-16-27)40(50)41(32,36)25-8-5-4-6-9-25/h4-17,19-21,30-32,35-36,43,46,51-52H,3,18,22H2,1-2H3. The zero-order valence-corrected chi connectivity index (χ0v) is 29.2. The average molecular weight is 712 g/mol. The lowest BCUT2D eigenvalue weighted by Gasteiger charge is -2.50. The van der Waals surface area contributed by atoms with Crippen LogP contribution in [0.4, 0.5) is 11.4 Å². The van der Waals surface area contributed by atoms with Gasteiger partial charge in [0.25, 0.3) is 11.8 Å². The number of hydrogen-bond acceptors (Lipinski definition) is 9. The summed E-state index contributed by atoms with van der Waals surface area (Å²) < 4.78 is 5.82. The Kier molecular flexibility index (Phi) is 8.46. The molecule has 2 saturated heterocycles. The van der Waals surface area contributed by atoms with Gasteiger partial charge in [-0.25, -0.2) is 0 Å². The molecule has 268 valence electrons. The highest BCUT2D eigenvalue weighted by Gasteiger charge is 2.70. The summed E-state index contributed by atoms with van der Waals surface area (Å²) in [7, 11) is -1.79. The Labute approximate surface area is 306 Å². The topological polar surface area (TPSA) is 157 Å². The van der Waals surface area contributed by atoms with Crippen LogP contribution in [0.15, 0.2) is 109 Å². The molecule has 6 atom stereocenters. The van der Waals surface area contributed by atoms with Gasteiger partial charge in [0, 0.05) is 5.92 Å². The second-order valence-corrected chi connectivity index (χ2v) is 14.2. The fraction of sp³-hybridized carbons (Fsp3) is 0.268. The van der Waals surface area contributed by atoms with Crippen molar-refractivity contribution in [1.82, 2.24) is 5.01 Å². The van der Waals surface area contributed by atoms with E-state index < -0.39 is 65.8 Å². The first-order valence-electron chi connectivity index (χ1n) is 17.8. The van der Waals surface area contributed by atoms with Crippen molar-refractivity contribution in [1.29, 1.82) is 0 Å². The monoisotopic (exact) mass is 711 g/mol. The van der Waals surface area contributed by atoms with Gasteiger partial charge in [0.1, 0.15) is 0 Å². The van der Waals surface area contributed by atoms with Gasteiger partial charge in [0.2, 0.25) is 11.8 Å². The SMILES string of the molecule is CCOc1cc(C2C3=CCC4C(=O)N(c5cccc(B(O)O)c5)C(=O)C4C3CC3C(=O)N(Nc4ccc(C)cc4)C(=O)C32c2ccccc2)ccc1O. The minimum atomic E-state index is -1.79. The molecule has 0 spiro atoms. The number of phenols is 1. The molecule has 4 aromatic rings. The highest BCUT2D eigenvalue weighted by molar-refractivity contribution is 6.58. The maximum Gasteiger partial charge on any atom is 0.488 e. The van der Waals surface area contributed by atoms with Gasteiger partial charge in [-0.15, -0.1) is 0 Å². The van der Waals surface area contributed by atoms with E-state index in [0.717, 1.165) is 21.0 Å². The smallest absolute Gasteiger partial charge is 0.488 e. The van der Waals surface area contributed by atoms with Crippen LogP contribution in [-0.2, 0) is 24.6 Å². The van der Waals surface area contributed by atoms with Crippen molar-refractivity contribution in [2.45, 2.75) is 38.0 Å². The highest BCUT2D eigenvalue weighted by Crippen LogP contribution is 2.64. The molecule has 0 aromatic heterocycles. The summed E-state index contributed by atoms with van der Waals surface area (Å²) in [5.41, 5.74) is 5.57. The lowest BCUT2D eigenvalue weighted by atomic mass is 9.49. The fourth-order valence-electron chi connectivity index (χ4n) is 9.18. The Bertz CT molecular complexity index is 2170. The van der Waals surface area contributed by atoms with Crippen molar-refractivity contribution in [2.75, 3.05) is 16.9 Å². The van der Waals surface area contributed by atoms with Gasteiger partial charge < -0.3 is 19.9 Å². The number of carbonyl (C=O) groups is 4. The predicted octanol–water partition coefficient (Wildman–Crippen LogP) is 3.97. The summed E-state index contributed by atoms with van der Waals surface area (Å²) in [5.74, 6) is -5.52. The number of aromatic hydroxyl groups is 1. The van der Waals surface area contributed by atoms with E-state index in [4.69, 9.17) is 4.74 Å². The van der Waals surface area contributed by atoms with Crippen LogP contribution < -0.4 is 20.5 Å². The van der Waals surface area contributed by atoms with Gasteiger partial charge in [-0.3, -0.25) is 29.5 Å². The average Bonchev–Trinajstić information content (AvgIpc) is 3.54. The Morgan fingerprint density at radius 1 is 0.868 bits per heavy atom. The van der Waals surface area contributed by atoms with Gasteiger partial charge >= 0.3 is 7.12 Å². The molecule has 2 aliphatic carbocycles. The summed E-state index contributed by atoms with van der Waals surface area (Å²) in [6.07, 6.45) is 2.30. The molecule has 11 nitrogen and oxygen atoms in total. The van der Waals surface area contributed by atoms with Crippen molar-refractivity contribution in [3.63, 3.8) is 0 Å². The number of anilines is 2. The van der Waals surface area contributed by atoms with E-state index in [1.54, 1.807) is 43.3 Å². The lowest BCUT2D eigenvalue weighted by Crippen LogP contribution is -2.53. The zero-order chi connectivity index (χ0) is 37.2. The van der Waals surface area contributed by atoms with Crippen LogP contribution in [0.25, 0.3) is 0 Å². The van der Waals surface area contributed by atoms with Crippen LogP contribution in [0.2, 0.25) is 0 Å². The number of nitrogens with one attached hydrogen (secondary N) is 1. The van der Waals surface area contributed by atoms with E-state index >= 15 is 4.79 Å².